The van der Waals surface area contributed by atoms with Gasteiger partial charge in [0.05, 0.1) is 16.8 Å². The molecule has 3 rings (SSSR count). The predicted molar refractivity (Wildman–Crippen MR) is 113 cm³/mol. The average molecular weight is 452 g/mol. The lowest BCUT2D eigenvalue weighted by Crippen LogP contribution is -2.40. The van der Waals surface area contributed by atoms with E-state index in [1.165, 1.54) is 18.2 Å². The van der Waals surface area contributed by atoms with Crippen LogP contribution in [0.1, 0.15) is 32.1 Å². The third-order valence-corrected chi connectivity index (χ3v) is 7.21. The monoisotopic (exact) mass is 451 g/mol. The SMILES string of the molecule is C#CCn1c(=NC(=O)CS(=O)(=O)CC(=O)NC2CCCCC2)sc2cc(F)ccc21. The molecule has 0 spiro atoms. The maximum absolute atomic E-state index is 13.5. The number of aromatic nitrogens is 1. The molecule has 10 heteroatoms. The number of hydrogen-bond acceptors (Lipinski definition) is 5. The van der Waals surface area contributed by atoms with Crippen molar-refractivity contribution in [2.45, 2.75) is 44.7 Å². The maximum atomic E-state index is 13.5. The van der Waals surface area contributed by atoms with Crippen LogP contribution < -0.4 is 10.1 Å². The number of nitrogens with one attached hydrogen (secondary N) is 1. The number of nitrogens with zero attached hydrogens (tertiary/aromatic N) is 2. The van der Waals surface area contributed by atoms with Gasteiger partial charge in [0, 0.05) is 6.04 Å². The van der Waals surface area contributed by atoms with Crippen LogP contribution in [0.25, 0.3) is 10.2 Å². The Morgan fingerprint density at radius 2 is 2.00 bits per heavy atom. The molecule has 160 valence electrons. The number of fused-ring (bicyclic) bond motifs is 1. The van der Waals surface area contributed by atoms with Gasteiger partial charge in [-0.15, -0.1) is 6.42 Å². The summed E-state index contributed by atoms with van der Waals surface area (Å²) >= 11 is 1.04. The molecule has 0 bridgehead atoms. The number of amides is 2. The van der Waals surface area contributed by atoms with E-state index >= 15 is 0 Å². The lowest BCUT2D eigenvalue weighted by molar-refractivity contribution is -0.119. The molecule has 2 aromatic rings. The quantitative estimate of drug-likeness (QED) is 0.677. The van der Waals surface area contributed by atoms with Crippen molar-refractivity contribution >= 4 is 43.2 Å². The molecular weight excluding hydrogens is 429 g/mol. The highest BCUT2D eigenvalue weighted by atomic mass is 32.2. The molecule has 0 saturated heterocycles. The van der Waals surface area contributed by atoms with Gasteiger partial charge in [0.2, 0.25) is 5.91 Å². The van der Waals surface area contributed by atoms with Gasteiger partial charge < -0.3 is 9.88 Å². The molecule has 1 aromatic carbocycles. The van der Waals surface area contributed by atoms with Crippen molar-refractivity contribution < 1.29 is 22.4 Å². The van der Waals surface area contributed by atoms with E-state index in [-0.39, 0.29) is 17.4 Å². The highest BCUT2D eigenvalue weighted by Crippen LogP contribution is 2.19. The number of thiazole rings is 1. The fourth-order valence-electron chi connectivity index (χ4n) is 3.47. The number of carbonyl (C=O) groups is 2. The number of carbonyl (C=O) groups excluding carboxylic acids is 2. The smallest absolute Gasteiger partial charge is 0.263 e. The Labute approximate surface area is 177 Å². The Morgan fingerprint density at radius 1 is 1.27 bits per heavy atom. The van der Waals surface area contributed by atoms with Gasteiger partial charge in [-0.3, -0.25) is 9.59 Å². The first-order valence-corrected chi connectivity index (χ1v) is 12.2. The predicted octanol–water partition coefficient (Wildman–Crippen LogP) is 1.77. The maximum Gasteiger partial charge on any atom is 0.263 e. The van der Waals surface area contributed by atoms with Gasteiger partial charge >= 0.3 is 0 Å². The fourth-order valence-corrected chi connectivity index (χ4v) is 5.57. The molecule has 0 radical (unpaired) electrons. The van der Waals surface area contributed by atoms with Crippen LogP contribution in [0.2, 0.25) is 0 Å². The Morgan fingerprint density at radius 3 is 2.70 bits per heavy atom. The summed E-state index contributed by atoms with van der Waals surface area (Å²) in [6, 6.07) is 4.07. The molecule has 0 unspecified atom stereocenters. The van der Waals surface area contributed by atoms with Gasteiger partial charge in [-0.2, -0.15) is 4.99 Å². The van der Waals surface area contributed by atoms with Gasteiger partial charge in [-0.1, -0.05) is 36.5 Å². The molecule has 1 saturated carbocycles. The first-order chi connectivity index (χ1) is 14.3. The van der Waals surface area contributed by atoms with Crippen LogP contribution in [0.3, 0.4) is 0 Å². The van der Waals surface area contributed by atoms with Gasteiger partial charge in [0.25, 0.3) is 5.91 Å². The van der Waals surface area contributed by atoms with E-state index in [1.54, 1.807) is 4.57 Å². The molecule has 1 fully saturated rings. The molecule has 0 atom stereocenters. The van der Waals surface area contributed by atoms with E-state index in [2.05, 4.69) is 16.2 Å². The molecular formula is C20H22FN3O4S2. The molecule has 1 N–H and O–H groups in total. The van der Waals surface area contributed by atoms with Crippen LogP contribution in [0.15, 0.2) is 23.2 Å². The molecule has 1 aromatic heterocycles. The normalized spacial score (nSPS) is 15.8. The Bertz CT molecular complexity index is 1170. The molecule has 2 amide bonds. The van der Waals surface area contributed by atoms with Crippen molar-refractivity contribution in [3.63, 3.8) is 0 Å². The van der Waals surface area contributed by atoms with Crippen molar-refractivity contribution in [3.8, 4) is 12.3 Å². The Balaban J connectivity index is 1.73. The lowest BCUT2D eigenvalue weighted by atomic mass is 9.95. The average Bonchev–Trinajstić information content (AvgIpc) is 2.97. The van der Waals surface area contributed by atoms with Crippen LogP contribution in [-0.2, 0) is 26.0 Å². The summed E-state index contributed by atoms with van der Waals surface area (Å²) in [5.41, 5.74) is 0.598. The van der Waals surface area contributed by atoms with E-state index < -0.39 is 39.0 Å². The van der Waals surface area contributed by atoms with Crippen molar-refractivity contribution in [2.24, 2.45) is 4.99 Å². The standard InChI is InChI=1S/C20H22FN3O4S2/c1-2-10-24-16-9-8-14(21)11-17(16)29-20(24)23-19(26)13-30(27,28)12-18(25)22-15-6-4-3-5-7-15/h1,8-9,11,15H,3-7,10,12-13H2,(H,22,25). The van der Waals surface area contributed by atoms with Gasteiger partial charge in [0.1, 0.15) is 17.3 Å². The van der Waals surface area contributed by atoms with Crippen LogP contribution >= 0.6 is 11.3 Å². The molecule has 1 aliphatic rings. The number of hydrogen-bond donors (Lipinski definition) is 1. The highest BCUT2D eigenvalue weighted by Gasteiger charge is 2.23. The van der Waals surface area contributed by atoms with Gasteiger partial charge in [-0.25, -0.2) is 12.8 Å². The lowest BCUT2D eigenvalue weighted by Gasteiger charge is -2.22. The second-order valence-corrected chi connectivity index (χ2v) is 10.3. The van der Waals surface area contributed by atoms with Crippen LogP contribution in [0, 0.1) is 18.2 Å². The zero-order valence-electron chi connectivity index (χ0n) is 16.3. The molecule has 30 heavy (non-hydrogen) atoms. The zero-order valence-corrected chi connectivity index (χ0v) is 17.9. The number of benzene rings is 1. The highest BCUT2D eigenvalue weighted by molar-refractivity contribution is 7.92. The van der Waals surface area contributed by atoms with E-state index in [0.717, 1.165) is 43.4 Å². The molecule has 7 nitrogen and oxygen atoms in total. The number of halogens is 1. The third kappa shape index (κ3) is 5.77. The Kier molecular flexibility index (Phi) is 7.05. The van der Waals surface area contributed by atoms with Gasteiger partial charge in [-0.05, 0) is 31.0 Å². The summed E-state index contributed by atoms with van der Waals surface area (Å²) in [5, 5.41) is 2.73. The fraction of sp³-hybridized carbons (Fsp3) is 0.450. The van der Waals surface area contributed by atoms with Gasteiger partial charge in [0.15, 0.2) is 14.6 Å². The third-order valence-electron chi connectivity index (χ3n) is 4.78. The van der Waals surface area contributed by atoms with E-state index in [0.29, 0.717) is 10.2 Å². The molecule has 0 aliphatic heterocycles. The summed E-state index contributed by atoms with van der Waals surface area (Å²) in [6.45, 7) is 0.0916. The number of rotatable bonds is 6. The van der Waals surface area contributed by atoms with Crippen molar-refractivity contribution in [3.05, 3.63) is 28.8 Å². The second kappa shape index (κ2) is 9.53. The minimum Gasteiger partial charge on any atom is -0.352 e. The first kappa shape index (κ1) is 22.2. The zero-order chi connectivity index (χ0) is 21.7. The first-order valence-electron chi connectivity index (χ1n) is 9.57. The van der Waals surface area contributed by atoms with Crippen LogP contribution in [0.5, 0.6) is 0 Å². The van der Waals surface area contributed by atoms with Crippen LogP contribution in [-0.4, -0.2) is 42.3 Å². The summed E-state index contributed by atoms with van der Waals surface area (Å²) in [7, 11) is -3.97. The molecule has 1 heterocycles. The summed E-state index contributed by atoms with van der Waals surface area (Å²) in [6.07, 6.45) is 10.2. The van der Waals surface area contributed by atoms with E-state index in [9.17, 15) is 22.4 Å². The summed E-state index contributed by atoms with van der Waals surface area (Å²) in [5.74, 6) is -1.16. The number of sulfone groups is 1. The molecule has 1 aliphatic carbocycles. The van der Waals surface area contributed by atoms with Crippen molar-refractivity contribution in [1.29, 1.82) is 0 Å². The van der Waals surface area contributed by atoms with E-state index in [4.69, 9.17) is 6.42 Å². The number of terminal acetylenes is 1. The van der Waals surface area contributed by atoms with E-state index in [1.807, 2.05) is 0 Å². The summed E-state index contributed by atoms with van der Waals surface area (Å²) < 4.78 is 40.1. The van der Waals surface area contributed by atoms with Crippen LogP contribution in [0.4, 0.5) is 4.39 Å². The summed E-state index contributed by atoms with van der Waals surface area (Å²) in [4.78, 5) is 28.4. The topological polar surface area (TPSA) is 97.6 Å². The Hall–Kier alpha value is -2.51. The van der Waals surface area contributed by atoms with Crippen molar-refractivity contribution in [1.82, 2.24) is 9.88 Å². The largest absolute Gasteiger partial charge is 0.352 e. The second-order valence-electron chi connectivity index (χ2n) is 7.23. The van der Waals surface area contributed by atoms with Crippen molar-refractivity contribution in [2.75, 3.05) is 11.5 Å². The minimum absolute atomic E-state index is 0.0106. The minimum atomic E-state index is -3.97.